The second-order valence-corrected chi connectivity index (χ2v) is 0. The minimum Gasteiger partial charge on any atom is -0.769 e. The molecular formula is Cl2LiNaO2. The van der Waals surface area contributed by atoms with Gasteiger partial charge in [-0.1, -0.05) is 0 Å². The summed E-state index contributed by atoms with van der Waals surface area (Å²) >= 11 is 6.78. The Morgan fingerprint density at radius 1 is 0.833 bits per heavy atom. The van der Waals surface area contributed by atoms with Crippen molar-refractivity contribution in [2.45, 2.75) is 0 Å². The summed E-state index contributed by atoms with van der Waals surface area (Å²) in [5.74, 6) is 0. The Hall–Kier alpha value is 2.10. The monoisotopic (exact) mass is 132 g/mol. The van der Waals surface area contributed by atoms with Crippen LogP contribution < -0.4 is 57.7 Å². The fraction of sp³-hybridized carbons (Fsp3) is 0. The molecule has 0 radical (unpaired) electrons. The van der Waals surface area contributed by atoms with Crippen molar-refractivity contribution in [1.29, 1.82) is 0 Å². The molecule has 0 aromatic heterocycles. The minimum absolute atomic E-state index is 0. The maximum absolute atomic E-state index is 7.72. The summed E-state index contributed by atoms with van der Waals surface area (Å²) in [7, 11) is 0. The molecule has 0 fully saturated rings. The van der Waals surface area contributed by atoms with Crippen molar-refractivity contribution in [3.63, 3.8) is 0 Å². The molecule has 0 aliphatic heterocycles. The second kappa shape index (κ2) is 60.0. The van der Waals surface area contributed by atoms with Gasteiger partial charge >= 0.3 is 48.4 Å². The van der Waals surface area contributed by atoms with E-state index in [1.165, 1.54) is 0 Å². The van der Waals surface area contributed by atoms with E-state index in [0.29, 0.717) is 0 Å². The molecule has 0 atom stereocenters. The first-order chi connectivity index (χ1) is 2.00. The van der Waals surface area contributed by atoms with Gasteiger partial charge in [0, 0.05) is 0 Å². The first kappa shape index (κ1) is 24.3. The van der Waals surface area contributed by atoms with Gasteiger partial charge in [0.15, 0.2) is 0 Å². The molecule has 0 spiro atoms. The van der Waals surface area contributed by atoms with E-state index >= 15 is 0 Å². The van der Waals surface area contributed by atoms with E-state index in [1.54, 1.807) is 0 Å². The molecule has 0 amide bonds. The number of halogens is 2. The molecular weight excluding hydrogens is 133 g/mol. The predicted octanol–water partition coefficient (Wildman–Crippen LogP) is -6.99. The van der Waals surface area contributed by atoms with Crippen LogP contribution in [0.15, 0.2) is 0 Å². The van der Waals surface area contributed by atoms with Crippen molar-refractivity contribution in [3.05, 3.63) is 0 Å². The molecule has 6 heavy (non-hydrogen) atoms. The van der Waals surface area contributed by atoms with Gasteiger partial charge < -0.3 is 9.32 Å². The van der Waals surface area contributed by atoms with E-state index in [9.17, 15) is 0 Å². The van der Waals surface area contributed by atoms with Gasteiger partial charge in [0.25, 0.3) is 0 Å². The summed E-state index contributed by atoms with van der Waals surface area (Å²) in [5, 5.41) is 0. The summed E-state index contributed by atoms with van der Waals surface area (Å²) < 4.78 is 15.4. The molecule has 0 bridgehead atoms. The van der Waals surface area contributed by atoms with Crippen molar-refractivity contribution in [3.8, 4) is 0 Å². The van der Waals surface area contributed by atoms with Gasteiger partial charge in [-0.2, -0.15) is 0 Å². The Labute approximate surface area is 80.6 Å². The molecule has 0 heterocycles. The molecule has 0 unspecified atom stereocenters. The van der Waals surface area contributed by atoms with Crippen LogP contribution in [0, 0.1) is 0 Å². The first-order valence-electron chi connectivity index (χ1n) is 0.309. The van der Waals surface area contributed by atoms with E-state index in [2.05, 4.69) is 23.7 Å². The van der Waals surface area contributed by atoms with Gasteiger partial charge in [-0.15, -0.1) is 0 Å². The number of rotatable bonds is 0. The normalized spacial score (nSPS) is 2.00. The fourth-order valence-corrected chi connectivity index (χ4v) is 0. The van der Waals surface area contributed by atoms with Gasteiger partial charge in [-0.05, 0) is 0 Å². The van der Waals surface area contributed by atoms with Gasteiger partial charge in [0.1, 0.15) is 0 Å². The van der Waals surface area contributed by atoms with Crippen LogP contribution in [0.5, 0.6) is 0 Å². The molecule has 28 valence electrons. The van der Waals surface area contributed by atoms with Crippen LogP contribution in [0.3, 0.4) is 0 Å². The quantitative estimate of drug-likeness (QED) is 0.308. The third-order valence-corrected chi connectivity index (χ3v) is 0. The molecule has 0 saturated carbocycles. The minimum atomic E-state index is 0. The average molecular weight is 133 g/mol. The summed E-state index contributed by atoms with van der Waals surface area (Å²) in [5.41, 5.74) is 0. The Bertz CT molecular complexity index is 11.5. The van der Waals surface area contributed by atoms with Crippen LogP contribution in [0.25, 0.3) is 0 Å². The van der Waals surface area contributed by atoms with Gasteiger partial charge in [-0.25, -0.2) is 23.7 Å². The van der Waals surface area contributed by atoms with E-state index in [4.69, 9.17) is 9.32 Å². The third kappa shape index (κ3) is 36.0. The smallest absolute Gasteiger partial charge is 0.769 e. The van der Waals surface area contributed by atoms with E-state index in [1.807, 2.05) is 0 Å². The maximum atomic E-state index is 7.72. The first-order valence-corrected chi connectivity index (χ1v) is 0.926. The standard InChI is InChI=1S/2ClO.Li.Na/c2*1-2;;/q2*-1;2*+1. The van der Waals surface area contributed by atoms with Gasteiger partial charge in [-0.3, -0.25) is 0 Å². The van der Waals surface area contributed by atoms with Crippen LogP contribution in [-0.4, -0.2) is 0 Å². The Balaban J connectivity index is -0.00000000500. The zero-order valence-electron chi connectivity index (χ0n) is 3.57. The summed E-state index contributed by atoms with van der Waals surface area (Å²) in [6, 6.07) is 0. The van der Waals surface area contributed by atoms with E-state index in [0.717, 1.165) is 0 Å². The molecule has 0 saturated heterocycles. The van der Waals surface area contributed by atoms with Crippen LogP contribution in [0.4, 0.5) is 0 Å². The molecule has 0 rings (SSSR count). The van der Waals surface area contributed by atoms with Crippen LogP contribution in [-0.2, 0) is 0 Å². The molecule has 6 heteroatoms. The zero-order valence-corrected chi connectivity index (χ0v) is 7.08. The molecule has 0 aromatic carbocycles. The van der Waals surface area contributed by atoms with Crippen molar-refractivity contribution in [1.82, 2.24) is 0 Å². The number of hydrogen-bond donors (Lipinski definition) is 0. The molecule has 0 aliphatic carbocycles. The maximum Gasteiger partial charge on any atom is 1.00 e. The molecule has 2 nitrogen and oxygen atoms in total. The fourth-order valence-electron chi connectivity index (χ4n) is 0. The average Bonchev–Trinajstić information content (AvgIpc) is 1.50. The van der Waals surface area contributed by atoms with Crippen molar-refractivity contribution >= 4 is 23.7 Å². The van der Waals surface area contributed by atoms with Crippen molar-refractivity contribution < 1.29 is 57.7 Å². The van der Waals surface area contributed by atoms with Crippen molar-refractivity contribution in [2.24, 2.45) is 0 Å². The Morgan fingerprint density at radius 3 is 0.833 bits per heavy atom. The SMILES string of the molecule is [Li+].[Na+].[O-]Cl.[O-]Cl. The predicted molar refractivity (Wildman–Crippen MR) is 11.7 cm³/mol. The van der Waals surface area contributed by atoms with Crippen molar-refractivity contribution in [2.75, 3.05) is 0 Å². The molecule has 0 aromatic rings. The Kier molecular flexibility index (Phi) is 243. The van der Waals surface area contributed by atoms with E-state index in [-0.39, 0.29) is 48.4 Å². The summed E-state index contributed by atoms with van der Waals surface area (Å²) in [6.07, 6.45) is 0. The largest absolute Gasteiger partial charge is 1.00 e. The third-order valence-electron chi connectivity index (χ3n) is 0. The van der Waals surface area contributed by atoms with Crippen LogP contribution in [0.2, 0.25) is 0 Å². The van der Waals surface area contributed by atoms with Gasteiger partial charge in [0.2, 0.25) is 0 Å². The zero-order chi connectivity index (χ0) is 4.00. The Morgan fingerprint density at radius 2 is 0.833 bits per heavy atom. The summed E-state index contributed by atoms with van der Waals surface area (Å²) in [4.78, 5) is 0. The molecule has 0 aliphatic rings. The van der Waals surface area contributed by atoms with Gasteiger partial charge in [0.05, 0.1) is 0 Å². The van der Waals surface area contributed by atoms with E-state index < -0.39 is 0 Å². The van der Waals surface area contributed by atoms with Crippen LogP contribution >= 0.6 is 23.7 Å². The topological polar surface area (TPSA) is 46.1 Å². The summed E-state index contributed by atoms with van der Waals surface area (Å²) in [6.45, 7) is 0. The number of hydrogen-bond acceptors (Lipinski definition) is 2. The van der Waals surface area contributed by atoms with Crippen LogP contribution in [0.1, 0.15) is 0 Å². The second-order valence-electron chi connectivity index (χ2n) is 0. The molecule has 0 N–H and O–H groups in total.